The number of benzene rings is 1. The van der Waals surface area contributed by atoms with E-state index in [0.717, 1.165) is 55.5 Å². The van der Waals surface area contributed by atoms with Gasteiger partial charge in [0.25, 0.3) is 0 Å². The third-order valence-corrected chi connectivity index (χ3v) is 6.58. The number of aromatic amines is 1. The fraction of sp³-hybridized carbons (Fsp3) is 0.458. The van der Waals surface area contributed by atoms with Crippen LogP contribution in [0.25, 0.3) is 11.0 Å². The fourth-order valence-corrected chi connectivity index (χ4v) is 4.31. The van der Waals surface area contributed by atoms with Crippen LogP contribution in [0.4, 0.5) is 0 Å². The van der Waals surface area contributed by atoms with Gasteiger partial charge in [0.05, 0.1) is 12.5 Å². The zero-order chi connectivity index (χ0) is 22.0. The second-order valence-corrected chi connectivity index (χ2v) is 8.86. The zero-order valence-corrected chi connectivity index (χ0v) is 18.4. The van der Waals surface area contributed by atoms with Crippen molar-refractivity contribution in [3.8, 4) is 6.01 Å². The number of rotatable bonds is 7. The van der Waals surface area contributed by atoms with Gasteiger partial charge in [0.2, 0.25) is 0 Å². The van der Waals surface area contributed by atoms with Crippen LogP contribution in [-0.2, 0) is 16.6 Å². The summed E-state index contributed by atoms with van der Waals surface area (Å²) in [4.78, 5) is 25.9. The van der Waals surface area contributed by atoms with Crippen LogP contribution in [0.3, 0.4) is 0 Å². The summed E-state index contributed by atoms with van der Waals surface area (Å²) < 4.78 is 5.11. The Morgan fingerprint density at radius 1 is 1.26 bits per heavy atom. The van der Waals surface area contributed by atoms with Crippen LogP contribution in [0.2, 0.25) is 0 Å². The first kappa shape index (κ1) is 21.3. The predicted octanol–water partition coefficient (Wildman–Crippen LogP) is 3.75. The van der Waals surface area contributed by atoms with Gasteiger partial charge in [0.15, 0.2) is 0 Å². The molecule has 1 aliphatic rings. The van der Waals surface area contributed by atoms with Crippen LogP contribution in [-0.4, -0.2) is 57.7 Å². The minimum atomic E-state index is -0.862. The summed E-state index contributed by atoms with van der Waals surface area (Å²) in [6.07, 6.45) is 7.13. The number of nitrogens with one attached hydrogen (secondary N) is 1. The number of nitrogens with zero attached hydrogens (tertiary/aromatic N) is 3. The number of likely N-dealkylation sites (tertiary alicyclic amines) is 1. The number of aliphatic carboxylic acids is 1. The first-order chi connectivity index (χ1) is 14.9. The van der Waals surface area contributed by atoms with Gasteiger partial charge >= 0.3 is 12.0 Å². The number of aromatic nitrogens is 3. The number of carbonyl (C=O) groups is 1. The largest absolute Gasteiger partial charge is 0.481 e. The molecule has 0 spiro atoms. The second kappa shape index (κ2) is 8.67. The van der Waals surface area contributed by atoms with Gasteiger partial charge in [-0.15, -0.1) is 0 Å². The number of hydrogen-bond acceptors (Lipinski definition) is 5. The topological polar surface area (TPSA) is 91.3 Å². The predicted molar refractivity (Wildman–Crippen MR) is 120 cm³/mol. The molecule has 164 valence electrons. The Bertz CT molecular complexity index is 1050. The number of methoxy groups -OCH3 is 1. The van der Waals surface area contributed by atoms with Gasteiger partial charge in [0.1, 0.15) is 5.65 Å². The maximum Gasteiger partial charge on any atom is 0.318 e. The summed E-state index contributed by atoms with van der Waals surface area (Å²) in [5.74, 6) is -0.288. The molecule has 7 nitrogen and oxygen atoms in total. The zero-order valence-electron chi connectivity index (χ0n) is 18.4. The number of H-pyrrole nitrogens is 1. The van der Waals surface area contributed by atoms with Crippen molar-refractivity contribution in [2.75, 3.05) is 26.7 Å². The molecule has 0 radical (unpaired) electrons. The molecule has 2 aromatic heterocycles. The van der Waals surface area contributed by atoms with Crippen molar-refractivity contribution < 1.29 is 14.6 Å². The number of carboxylic acids is 1. The summed E-state index contributed by atoms with van der Waals surface area (Å²) in [6.45, 7) is 6.63. The van der Waals surface area contributed by atoms with Gasteiger partial charge in [-0.3, -0.25) is 4.79 Å². The molecule has 4 rings (SSSR count). The minimum Gasteiger partial charge on any atom is -0.481 e. The Morgan fingerprint density at radius 3 is 2.61 bits per heavy atom. The average molecular weight is 423 g/mol. The van der Waals surface area contributed by atoms with E-state index in [-0.39, 0.29) is 0 Å². The lowest BCUT2D eigenvalue weighted by atomic mass is 9.84. The van der Waals surface area contributed by atoms with Crippen molar-refractivity contribution in [2.45, 2.75) is 44.4 Å². The van der Waals surface area contributed by atoms with Crippen LogP contribution in [0.5, 0.6) is 6.01 Å². The smallest absolute Gasteiger partial charge is 0.318 e. The van der Waals surface area contributed by atoms with Crippen molar-refractivity contribution >= 4 is 17.0 Å². The molecule has 7 heteroatoms. The van der Waals surface area contributed by atoms with Gasteiger partial charge < -0.3 is 19.7 Å². The van der Waals surface area contributed by atoms with E-state index in [2.05, 4.69) is 38.2 Å². The lowest BCUT2D eigenvalue weighted by molar-refractivity contribution is -0.142. The molecule has 3 heterocycles. The SMILES string of the molecule is COc1ncc2c(C3CCN(CCc4ccc(C(C)(C)C(=O)O)cc4)CC3)c[nH]c2n1. The standard InChI is InChI=1S/C24H30N4O3/c1-24(2,22(29)30)18-6-4-16(5-7-18)8-11-28-12-9-17(10-13-28)19-14-25-21-20(19)15-26-23(27-21)31-3/h4-7,14-15,17H,8-13H2,1-3H3,(H,29,30)(H,25,26,27). The van der Waals surface area contributed by atoms with Crippen LogP contribution in [0.15, 0.2) is 36.7 Å². The van der Waals surface area contributed by atoms with Crippen molar-refractivity contribution in [3.05, 3.63) is 53.3 Å². The lowest BCUT2D eigenvalue weighted by Crippen LogP contribution is -2.34. The van der Waals surface area contributed by atoms with Gasteiger partial charge in [-0.25, -0.2) is 4.98 Å². The van der Waals surface area contributed by atoms with Crippen molar-refractivity contribution in [1.29, 1.82) is 0 Å². The Hall–Kier alpha value is -2.93. The minimum absolute atomic E-state index is 0.385. The highest BCUT2D eigenvalue weighted by atomic mass is 16.5. The third kappa shape index (κ3) is 4.42. The highest BCUT2D eigenvalue weighted by Crippen LogP contribution is 2.33. The Balaban J connectivity index is 1.31. The molecule has 31 heavy (non-hydrogen) atoms. The van der Waals surface area contributed by atoms with Gasteiger partial charge in [-0.05, 0) is 68.8 Å². The summed E-state index contributed by atoms with van der Waals surface area (Å²) in [7, 11) is 1.58. The maximum atomic E-state index is 11.4. The molecule has 0 atom stereocenters. The van der Waals surface area contributed by atoms with Gasteiger partial charge in [-0.1, -0.05) is 24.3 Å². The molecular weight excluding hydrogens is 392 g/mol. The van der Waals surface area contributed by atoms with E-state index < -0.39 is 11.4 Å². The summed E-state index contributed by atoms with van der Waals surface area (Å²) >= 11 is 0. The highest BCUT2D eigenvalue weighted by molar-refractivity contribution is 5.80. The normalized spacial score (nSPS) is 16.0. The molecular formula is C24H30N4O3. The molecule has 1 aromatic carbocycles. The van der Waals surface area contributed by atoms with E-state index in [1.165, 1.54) is 11.1 Å². The van der Waals surface area contributed by atoms with E-state index in [4.69, 9.17) is 4.74 Å². The molecule has 0 amide bonds. The van der Waals surface area contributed by atoms with Gasteiger partial charge in [-0.2, -0.15) is 4.98 Å². The van der Waals surface area contributed by atoms with Crippen LogP contribution in [0, 0.1) is 0 Å². The Kier molecular flexibility index (Phi) is 5.96. The van der Waals surface area contributed by atoms with E-state index in [1.807, 2.05) is 18.3 Å². The quantitative estimate of drug-likeness (QED) is 0.603. The van der Waals surface area contributed by atoms with Crippen LogP contribution in [0.1, 0.15) is 49.3 Å². The summed E-state index contributed by atoms with van der Waals surface area (Å²) in [5, 5.41) is 10.5. The highest BCUT2D eigenvalue weighted by Gasteiger charge is 2.29. The number of carboxylic acid groups (broad SMARTS) is 1. The van der Waals surface area contributed by atoms with E-state index in [9.17, 15) is 9.90 Å². The first-order valence-corrected chi connectivity index (χ1v) is 10.8. The van der Waals surface area contributed by atoms with Gasteiger partial charge in [0, 0.05) is 24.3 Å². The molecule has 2 N–H and O–H groups in total. The van der Waals surface area contributed by atoms with Crippen molar-refractivity contribution in [2.24, 2.45) is 0 Å². The molecule has 1 saturated heterocycles. The number of hydrogen-bond donors (Lipinski definition) is 2. The number of ether oxygens (including phenoxy) is 1. The third-order valence-electron chi connectivity index (χ3n) is 6.58. The number of fused-ring (bicyclic) bond motifs is 1. The van der Waals surface area contributed by atoms with Crippen LogP contribution < -0.4 is 4.74 Å². The lowest BCUT2D eigenvalue weighted by Gasteiger charge is -2.32. The summed E-state index contributed by atoms with van der Waals surface area (Å²) in [5.41, 5.74) is 3.35. The first-order valence-electron chi connectivity index (χ1n) is 10.8. The van der Waals surface area contributed by atoms with Crippen molar-refractivity contribution in [3.63, 3.8) is 0 Å². The monoisotopic (exact) mass is 422 g/mol. The number of piperidine rings is 1. The molecule has 0 aliphatic carbocycles. The van der Waals surface area contributed by atoms with E-state index in [1.54, 1.807) is 21.0 Å². The summed E-state index contributed by atoms with van der Waals surface area (Å²) in [6, 6.07) is 8.41. The molecule has 1 aliphatic heterocycles. The maximum absolute atomic E-state index is 11.4. The molecule has 0 saturated carbocycles. The second-order valence-electron chi connectivity index (χ2n) is 8.86. The van der Waals surface area contributed by atoms with E-state index >= 15 is 0 Å². The molecule has 1 fully saturated rings. The Morgan fingerprint density at radius 2 is 1.97 bits per heavy atom. The Labute approximate surface area is 182 Å². The van der Waals surface area contributed by atoms with Crippen LogP contribution >= 0.6 is 0 Å². The fourth-order valence-electron chi connectivity index (χ4n) is 4.31. The molecule has 3 aromatic rings. The molecule has 0 bridgehead atoms. The van der Waals surface area contributed by atoms with E-state index in [0.29, 0.717) is 11.9 Å². The van der Waals surface area contributed by atoms with Crippen molar-refractivity contribution in [1.82, 2.24) is 19.9 Å². The average Bonchev–Trinajstić information content (AvgIpc) is 3.21. The molecule has 0 unspecified atom stereocenters.